The Morgan fingerprint density at radius 1 is 1.16 bits per heavy atom. The highest BCUT2D eigenvalue weighted by Gasteiger charge is 2.20. The number of ketones is 1. The van der Waals surface area contributed by atoms with Crippen LogP contribution in [0.1, 0.15) is 68.1 Å². The number of hydrogen-bond acceptors (Lipinski definition) is 6. The SMILES string of the molecule is CC(=O)CCCC[C@@H](Nc1nc(Nc2cnc(C)c(C)c2)c(C(N)=O)cc1F)C(C)C. The third-order valence-corrected chi connectivity index (χ3v) is 5.27. The summed E-state index contributed by atoms with van der Waals surface area (Å²) in [7, 11) is 0. The lowest BCUT2D eigenvalue weighted by Gasteiger charge is -2.24. The molecular weight excluding hydrogens is 397 g/mol. The minimum Gasteiger partial charge on any atom is -0.365 e. The second-order valence-corrected chi connectivity index (χ2v) is 8.27. The van der Waals surface area contributed by atoms with Crippen molar-refractivity contribution in [1.82, 2.24) is 9.97 Å². The third kappa shape index (κ3) is 7.01. The van der Waals surface area contributed by atoms with Gasteiger partial charge < -0.3 is 21.2 Å². The lowest BCUT2D eigenvalue weighted by molar-refractivity contribution is -0.117. The molecule has 8 heteroatoms. The standard InChI is InChI=1S/C23H32FN5O2/c1-13(2)20(9-7-6-8-15(4)30)28-23-19(24)11-18(21(25)31)22(29-23)27-17-10-14(3)16(5)26-12-17/h10-13,20H,6-9H2,1-5H3,(H2,25,31)(H2,27,28,29)/t20-/m1/s1. The van der Waals surface area contributed by atoms with E-state index in [0.717, 1.165) is 36.6 Å². The largest absolute Gasteiger partial charge is 0.365 e. The fourth-order valence-electron chi connectivity index (χ4n) is 3.21. The maximum atomic E-state index is 14.7. The molecular formula is C23H32FN5O2. The number of nitrogens with two attached hydrogens (primary N) is 1. The van der Waals surface area contributed by atoms with Crippen LogP contribution in [-0.2, 0) is 4.79 Å². The lowest BCUT2D eigenvalue weighted by Crippen LogP contribution is -2.27. The molecule has 168 valence electrons. The molecule has 4 N–H and O–H groups in total. The van der Waals surface area contributed by atoms with Gasteiger partial charge in [-0.25, -0.2) is 9.37 Å². The number of nitrogens with zero attached hydrogens (tertiary/aromatic N) is 2. The van der Waals surface area contributed by atoms with Gasteiger partial charge in [0.2, 0.25) is 0 Å². The maximum Gasteiger partial charge on any atom is 0.252 e. The highest BCUT2D eigenvalue weighted by molar-refractivity contribution is 5.98. The average Bonchev–Trinajstić information content (AvgIpc) is 2.68. The molecule has 0 aliphatic heterocycles. The summed E-state index contributed by atoms with van der Waals surface area (Å²) in [5, 5.41) is 6.21. The summed E-state index contributed by atoms with van der Waals surface area (Å²) in [6.07, 6.45) is 4.58. The molecule has 0 bridgehead atoms. The zero-order valence-electron chi connectivity index (χ0n) is 18.9. The van der Waals surface area contributed by atoms with Crippen LogP contribution >= 0.6 is 0 Å². The molecule has 2 aromatic rings. The van der Waals surface area contributed by atoms with Crippen molar-refractivity contribution in [1.29, 1.82) is 0 Å². The van der Waals surface area contributed by atoms with Crippen LogP contribution in [0.3, 0.4) is 0 Å². The molecule has 2 aromatic heterocycles. The number of unbranched alkanes of at least 4 members (excludes halogenated alkanes) is 1. The molecule has 2 rings (SSSR count). The molecule has 0 saturated carbocycles. The highest BCUT2D eigenvalue weighted by Crippen LogP contribution is 2.26. The first-order valence-electron chi connectivity index (χ1n) is 10.5. The molecule has 0 aromatic carbocycles. The van der Waals surface area contributed by atoms with E-state index in [1.165, 1.54) is 0 Å². The Kier molecular flexibility index (Phi) is 8.47. The molecule has 0 unspecified atom stereocenters. The summed E-state index contributed by atoms with van der Waals surface area (Å²) in [6.45, 7) is 9.48. The number of carbonyl (C=O) groups excluding carboxylic acids is 2. The fraction of sp³-hybridized carbons (Fsp3) is 0.478. The Balaban J connectivity index is 2.27. The molecule has 1 atom stereocenters. The van der Waals surface area contributed by atoms with Crippen LogP contribution in [0, 0.1) is 25.6 Å². The Morgan fingerprint density at radius 3 is 2.45 bits per heavy atom. The Bertz CT molecular complexity index is 946. The van der Waals surface area contributed by atoms with Gasteiger partial charge in [0.1, 0.15) is 11.6 Å². The number of hydrogen-bond donors (Lipinski definition) is 3. The number of aryl methyl sites for hydroxylation is 2. The first-order chi connectivity index (χ1) is 14.6. The van der Waals surface area contributed by atoms with Crippen LogP contribution in [-0.4, -0.2) is 27.7 Å². The number of anilines is 3. The summed E-state index contributed by atoms with van der Waals surface area (Å²) < 4.78 is 14.7. The van der Waals surface area contributed by atoms with Crippen molar-refractivity contribution in [3.8, 4) is 0 Å². The first kappa shape index (κ1) is 24.2. The van der Waals surface area contributed by atoms with Gasteiger partial charge >= 0.3 is 0 Å². The van der Waals surface area contributed by atoms with E-state index >= 15 is 0 Å². The van der Waals surface area contributed by atoms with E-state index in [1.54, 1.807) is 13.1 Å². The average molecular weight is 430 g/mol. The van der Waals surface area contributed by atoms with Crippen LogP contribution in [0.25, 0.3) is 0 Å². The van der Waals surface area contributed by atoms with Gasteiger partial charge in [-0.05, 0) is 57.2 Å². The van der Waals surface area contributed by atoms with Crippen molar-refractivity contribution in [2.24, 2.45) is 11.7 Å². The van der Waals surface area contributed by atoms with Crippen LogP contribution < -0.4 is 16.4 Å². The maximum absolute atomic E-state index is 14.7. The van der Waals surface area contributed by atoms with Crippen molar-refractivity contribution < 1.29 is 14.0 Å². The Hall–Kier alpha value is -3.03. The summed E-state index contributed by atoms with van der Waals surface area (Å²) in [6, 6.07) is 2.93. The number of rotatable bonds is 11. The molecule has 0 radical (unpaired) electrons. The third-order valence-electron chi connectivity index (χ3n) is 5.27. The molecule has 31 heavy (non-hydrogen) atoms. The molecule has 0 fully saturated rings. The number of aromatic nitrogens is 2. The molecule has 0 saturated heterocycles. The van der Waals surface area contributed by atoms with E-state index in [2.05, 4.69) is 20.6 Å². The van der Waals surface area contributed by atoms with Gasteiger partial charge in [0.15, 0.2) is 11.6 Å². The predicted octanol–water partition coefficient (Wildman–Crippen LogP) is 4.66. The van der Waals surface area contributed by atoms with Gasteiger partial charge in [0.05, 0.1) is 17.4 Å². The Labute approximate surface area is 183 Å². The normalized spacial score (nSPS) is 12.0. The Morgan fingerprint density at radius 2 is 1.87 bits per heavy atom. The monoisotopic (exact) mass is 429 g/mol. The van der Waals surface area contributed by atoms with Crippen molar-refractivity contribution in [2.45, 2.75) is 66.3 Å². The number of primary amides is 1. The molecule has 0 spiro atoms. The van der Waals surface area contributed by atoms with Crippen LogP contribution in [0.15, 0.2) is 18.3 Å². The highest BCUT2D eigenvalue weighted by atomic mass is 19.1. The minimum atomic E-state index is -0.776. The van der Waals surface area contributed by atoms with Gasteiger partial charge in [0.25, 0.3) is 5.91 Å². The topological polar surface area (TPSA) is 110 Å². The zero-order chi connectivity index (χ0) is 23.1. The van der Waals surface area contributed by atoms with E-state index in [-0.39, 0.29) is 34.9 Å². The van der Waals surface area contributed by atoms with Gasteiger partial charge in [-0.15, -0.1) is 0 Å². The van der Waals surface area contributed by atoms with Gasteiger partial charge in [-0.1, -0.05) is 20.3 Å². The zero-order valence-corrected chi connectivity index (χ0v) is 18.9. The number of carbonyl (C=O) groups is 2. The molecule has 1 amide bonds. The number of pyridine rings is 2. The summed E-state index contributed by atoms with van der Waals surface area (Å²) in [5.41, 5.74) is 7.89. The lowest BCUT2D eigenvalue weighted by atomic mass is 9.97. The second kappa shape index (κ2) is 10.8. The second-order valence-electron chi connectivity index (χ2n) is 8.27. The number of Topliss-reactive ketones (excluding diaryl/α,β-unsaturated/α-hetero) is 1. The van der Waals surface area contributed by atoms with E-state index in [9.17, 15) is 14.0 Å². The quantitative estimate of drug-likeness (QED) is 0.448. The van der Waals surface area contributed by atoms with E-state index in [0.29, 0.717) is 12.1 Å². The summed E-state index contributed by atoms with van der Waals surface area (Å²) in [5.74, 6) is -0.820. The fourth-order valence-corrected chi connectivity index (χ4v) is 3.21. The van der Waals surface area contributed by atoms with Crippen LogP contribution in [0.5, 0.6) is 0 Å². The van der Waals surface area contributed by atoms with Gasteiger partial charge in [-0.3, -0.25) is 9.78 Å². The minimum absolute atomic E-state index is 0.0375. The van der Waals surface area contributed by atoms with Crippen molar-refractivity contribution in [2.75, 3.05) is 10.6 Å². The van der Waals surface area contributed by atoms with Crippen LogP contribution in [0.2, 0.25) is 0 Å². The van der Waals surface area contributed by atoms with E-state index in [4.69, 9.17) is 5.73 Å². The molecule has 7 nitrogen and oxygen atoms in total. The summed E-state index contributed by atoms with van der Waals surface area (Å²) >= 11 is 0. The van der Waals surface area contributed by atoms with E-state index in [1.807, 2.05) is 33.8 Å². The summed E-state index contributed by atoms with van der Waals surface area (Å²) in [4.78, 5) is 31.7. The molecule has 0 aliphatic rings. The number of amides is 1. The molecule has 2 heterocycles. The predicted molar refractivity (Wildman–Crippen MR) is 121 cm³/mol. The van der Waals surface area contributed by atoms with Gasteiger partial charge in [-0.2, -0.15) is 0 Å². The number of nitrogens with one attached hydrogen (secondary N) is 2. The van der Waals surface area contributed by atoms with Crippen LogP contribution in [0.4, 0.5) is 21.7 Å². The van der Waals surface area contributed by atoms with Crippen molar-refractivity contribution >= 4 is 29.0 Å². The van der Waals surface area contributed by atoms with E-state index < -0.39 is 11.7 Å². The number of halogens is 1. The molecule has 0 aliphatic carbocycles. The van der Waals surface area contributed by atoms with Gasteiger partial charge in [0, 0.05) is 18.2 Å². The van der Waals surface area contributed by atoms with Crippen molar-refractivity contribution in [3.05, 3.63) is 41.0 Å². The first-order valence-corrected chi connectivity index (χ1v) is 10.5. The van der Waals surface area contributed by atoms with Crippen molar-refractivity contribution in [3.63, 3.8) is 0 Å². The smallest absolute Gasteiger partial charge is 0.252 e.